The van der Waals surface area contributed by atoms with Crippen molar-refractivity contribution in [2.24, 2.45) is 5.92 Å². The van der Waals surface area contributed by atoms with Crippen LogP contribution < -0.4 is 4.18 Å². The Bertz CT molecular complexity index is 1080. The van der Waals surface area contributed by atoms with Crippen LogP contribution in [0.4, 0.5) is 26.3 Å². The summed E-state index contributed by atoms with van der Waals surface area (Å²) >= 11 is 0. The lowest BCUT2D eigenvalue weighted by molar-refractivity contribution is -0.142. The van der Waals surface area contributed by atoms with E-state index in [0.29, 0.717) is 6.07 Å². The third-order valence-corrected chi connectivity index (χ3v) is 5.35. The number of carboxylic acid groups (broad SMARTS) is 1. The molecule has 0 fully saturated rings. The lowest BCUT2D eigenvalue weighted by atomic mass is 9.85. The maximum atomic E-state index is 13.9. The van der Waals surface area contributed by atoms with Crippen molar-refractivity contribution in [3.63, 3.8) is 0 Å². The summed E-state index contributed by atoms with van der Waals surface area (Å²) < 4.78 is 107. The van der Waals surface area contributed by atoms with Gasteiger partial charge in [0.05, 0.1) is 5.92 Å². The number of hydrogen-bond acceptors (Lipinski definition) is 4. The van der Waals surface area contributed by atoms with E-state index >= 15 is 0 Å². The van der Waals surface area contributed by atoms with E-state index in [2.05, 4.69) is 4.18 Å². The lowest BCUT2D eigenvalue weighted by Gasteiger charge is -2.24. The van der Waals surface area contributed by atoms with Crippen LogP contribution in [-0.2, 0) is 21.1 Å². The van der Waals surface area contributed by atoms with Gasteiger partial charge in [-0.2, -0.15) is 34.8 Å². The van der Waals surface area contributed by atoms with Crippen LogP contribution in [0.2, 0.25) is 0 Å². The Hall–Kier alpha value is -2.76. The van der Waals surface area contributed by atoms with Crippen molar-refractivity contribution in [3.8, 4) is 16.9 Å². The molecule has 0 amide bonds. The Morgan fingerprint density at radius 3 is 2.00 bits per heavy atom. The summed E-state index contributed by atoms with van der Waals surface area (Å²) in [6.45, 7) is 3.10. The van der Waals surface area contributed by atoms with Crippen LogP contribution in [0.15, 0.2) is 42.5 Å². The Kier molecular flexibility index (Phi) is 7.18. The van der Waals surface area contributed by atoms with E-state index in [4.69, 9.17) is 0 Å². The molecule has 2 aromatic carbocycles. The third kappa shape index (κ3) is 5.72. The van der Waals surface area contributed by atoms with Crippen molar-refractivity contribution in [2.75, 3.05) is 0 Å². The number of hydrogen-bond donors (Lipinski definition) is 1. The number of aliphatic carboxylic acids is 1. The smallest absolute Gasteiger partial charge is 0.481 e. The molecule has 32 heavy (non-hydrogen) atoms. The molecule has 5 nitrogen and oxygen atoms in total. The van der Waals surface area contributed by atoms with Crippen LogP contribution in [0.25, 0.3) is 11.1 Å². The summed E-state index contributed by atoms with van der Waals surface area (Å²) in [4.78, 5) is 11.8. The van der Waals surface area contributed by atoms with Crippen LogP contribution in [0, 0.1) is 5.92 Å². The topological polar surface area (TPSA) is 80.7 Å². The van der Waals surface area contributed by atoms with E-state index in [9.17, 15) is 44.7 Å². The van der Waals surface area contributed by atoms with Crippen molar-refractivity contribution >= 4 is 16.1 Å². The minimum Gasteiger partial charge on any atom is -0.481 e. The Morgan fingerprint density at radius 2 is 1.56 bits per heavy atom. The van der Waals surface area contributed by atoms with Crippen molar-refractivity contribution in [3.05, 3.63) is 53.6 Å². The maximum Gasteiger partial charge on any atom is 0.534 e. The summed E-state index contributed by atoms with van der Waals surface area (Å²) in [6.07, 6.45) is -5.70. The number of halogens is 6. The first-order valence-electron chi connectivity index (χ1n) is 9.08. The first kappa shape index (κ1) is 25.5. The normalized spacial score (nSPS) is 13.8. The third-order valence-electron chi connectivity index (χ3n) is 4.39. The molecule has 176 valence electrons. The number of alkyl halides is 6. The molecule has 2 rings (SSSR count). The summed E-state index contributed by atoms with van der Waals surface area (Å²) in [7, 11) is -6.47. The van der Waals surface area contributed by atoms with Gasteiger partial charge in [-0.1, -0.05) is 44.2 Å². The van der Waals surface area contributed by atoms with Gasteiger partial charge < -0.3 is 9.29 Å². The zero-order valence-electron chi connectivity index (χ0n) is 16.7. The zero-order chi connectivity index (χ0) is 24.5. The molecule has 1 N–H and O–H groups in total. The second kappa shape index (κ2) is 9.00. The van der Waals surface area contributed by atoms with E-state index in [1.807, 2.05) is 0 Å². The Labute approximate surface area is 179 Å². The molecule has 0 saturated carbocycles. The van der Waals surface area contributed by atoms with E-state index < -0.39 is 56.5 Å². The fourth-order valence-electron chi connectivity index (χ4n) is 3.08. The SMILES string of the molecule is CC(C)CC(C(=O)O)c1cc(-c2ccccc2)cc(OS(=O)(=O)C(F)(F)F)c1C(F)(F)F. The Morgan fingerprint density at radius 1 is 1.00 bits per heavy atom. The van der Waals surface area contributed by atoms with Gasteiger partial charge >= 0.3 is 27.8 Å². The van der Waals surface area contributed by atoms with Crippen LogP contribution in [0.3, 0.4) is 0 Å². The van der Waals surface area contributed by atoms with E-state index in [1.165, 1.54) is 24.3 Å². The molecule has 12 heteroatoms. The first-order valence-corrected chi connectivity index (χ1v) is 10.5. The molecule has 1 atom stereocenters. The summed E-state index contributed by atoms with van der Waals surface area (Å²) in [6, 6.07) is 8.74. The highest BCUT2D eigenvalue weighted by Gasteiger charge is 2.50. The van der Waals surface area contributed by atoms with Gasteiger partial charge in [0, 0.05) is 0 Å². The average Bonchev–Trinajstić information content (AvgIpc) is 2.63. The van der Waals surface area contributed by atoms with Crippen molar-refractivity contribution in [1.29, 1.82) is 0 Å². The second-order valence-corrected chi connectivity index (χ2v) is 8.84. The molecular formula is C20H18F6O5S. The molecule has 0 spiro atoms. The van der Waals surface area contributed by atoms with Crippen LogP contribution in [0.5, 0.6) is 5.75 Å². The molecule has 0 aliphatic rings. The highest BCUT2D eigenvalue weighted by Crippen LogP contribution is 2.46. The predicted molar refractivity (Wildman–Crippen MR) is 102 cm³/mol. The van der Waals surface area contributed by atoms with E-state index in [1.54, 1.807) is 19.9 Å². The van der Waals surface area contributed by atoms with Gasteiger partial charge in [0.15, 0.2) is 5.75 Å². The monoisotopic (exact) mass is 484 g/mol. The van der Waals surface area contributed by atoms with Crippen LogP contribution >= 0.6 is 0 Å². The van der Waals surface area contributed by atoms with Gasteiger partial charge in [-0.3, -0.25) is 4.79 Å². The highest BCUT2D eigenvalue weighted by atomic mass is 32.2. The van der Waals surface area contributed by atoms with E-state index in [0.717, 1.165) is 6.07 Å². The molecule has 0 heterocycles. The first-order chi connectivity index (χ1) is 14.5. The van der Waals surface area contributed by atoms with Gasteiger partial charge in [-0.25, -0.2) is 0 Å². The summed E-state index contributed by atoms with van der Waals surface area (Å²) in [5, 5.41) is 9.57. The van der Waals surface area contributed by atoms with Gasteiger partial charge in [0.25, 0.3) is 0 Å². The van der Waals surface area contributed by atoms with Crippen LogP contribution in [0.1, 0.15) is 37.3 Å². The largest absolute Gasteiger partial charge is 0.534 e. The lowest BCUT2D eigenvalue weighted by Crippen LogP contribution is -2.29. The molecule has 0 aromatic heterocycles. The van der Waals surface area contributed by atoms with Crippen molar-refractivity contribution < 1.29 is 48.8 Å². The molecule has 0 bridgehead atoms. The molecule has 1 unspecified atom stereocenters. The minimum absolute atomic E-state index is 0.143. The predicted octanol–water partition coefficient (Wildman–Crippen LogP) is 5.82. The fraction of sp³-hybridized carbons (Fsp3) is 0.350. The maximum absolute atomic E-state index is 13.9. The number of rotatable bonds is 7. The molecule has 2 aromatic rings. The van der Waals surface area contributed by atoms with Gasteiger partial charge in [-0.15, -0.1) is 0 Å². The second-order valence-electron chi connectivity index (χ2n) is 7.31. The quantitative estimate of drug-likeness (QED) is 0.305. The molecule has 0 radical (unpaired) electrons. The van der Waals surface area contributed by atoms with Gasteiger partial charge in [-0.05, 0) is 41.2 Å². The number of benzene rings is 2. The van der Waals surface area contributed by atoms with Gasteiger partial charge in [0.1, 0.15) is 5.56 Å². The number of carboxylic acids is 1. The van der Waals surface area contributed by atoms with Crippen LogP contribution in [-0.4, -0.2) is 25.0 Å². The van der Waals surface area contributed by atoms with Gasteiger partial charge in [0.2, 0.25) is 0 Å². The van der Waals surface area contributed by atoms with Crippen molar-refractivity contribution in [1.82, 2.24) is 0 Å². The molecular weight excluding hydrogens is 466 g/mol. The standard InChI is InChI=1S/C20H18F6O5S/c1-11(2)8-15(18(27)28)14-9-13(12-6-4-3-5-7-12)10-16(17(14)19(21,22)23)31-32(29,30)20(24,25)26/h3-7,9-11,15H,8H2,1-2H3,(H,27,28). The molecule has 0 saturated heterocycles. The van der Waals surface area contributed by atoms with E-state index in [-0.39, 0.29) is 17.5 Å². The Balaban J connectivity index is 2.93. The fourth-order valence-corrected chi connectivity index (χ4v) is 3.54. The minimum atomic E-state index is -6.47. The summed E-state index contributed by atoms with van der Waals surface area (Å²) in [5.74, 6) is -5.49. The zero-order valence-corrected chi connectivity index (χ0v) is 17.5. The number of carbonyl (C=O) groups is 1. The molecule has 0 aliphatic carbocycles. The molecule has 0 aliphatic heterocycles. The summed E-state index contributed by atoms with van der Waals surface area (Å²) in [5.41, 5.74) is -8.71. The average molecular weight is 484 g/mol. The van der Waals surface area contributed by atoms with Crippen molar-refractivity contribution in [2.45, 2.75) is 37.9 Å². The highest BCUT2D eigenvalue weighted by molar-refractivity contribution is 7.88.